The highest BCUT2D eigenvalue weighted by atomic mass is 79.9. The lowest BCUT2D eigenvalue weighted by atomic mass is 10.2. The fraction of sp³-hybridized carbons (Fsp3) is 0.400. The molecule has 4 N–H and O–H groups in total. The molecule has 1 aromatic rings. The maximum Gasteiger partial charge on any atom is 0.241 e. The highest BCUT2D eigenvalue weighted by Gasteiger charge is 2.20. The molecule has 0 spiro atoms. The van der Waals surface area contributed by atoms with Crippen molar-refractivity contribution in [3.8, 4) is 0 Å². The molecule has 0 aromatic heterocycles. The van der Waals surface area contributed by atoms with Crippen LogP contribution in [0.15, 0.2) is 27.6 Å². The molecule has 0 aliphatic carbocycles. The molecule has 18 heavy (non-hydrogen) atoms. The summed E-state index contributed by atoms with van der Waals surface area (Å²) in [5.41, 5.74) is 5.52. The maximum atomic E-state index is 12.9. The standard InChI is InChI=1S/C10H14BrFN2O3S/c1-6(15)9(13)5-14-18(16,17)10-3-2-7(12)4-8(10)11/h2-4,6,9,14-15H,5,13H2,1H3. The molecule has 102 valence electrons. The molecular weight excluding hydrogens is 327 g/mol. The van der Waals surface area contributed by atoms with Gasteiger partial charge >= 0.3 is 0 Å². The summed E-state index contributed by atoms with van der Waals surface area (Å²) in [4.78, 5) is -0.0818. The summed E-state index contributed by atoms with van der Waals surface area (Å²) in [5, 5.41) is 9.16. The number of aliphatic hydroxyl groups is 1. The largest absolute Gasteiger partial charge is 0.392 e. The summed E-state index contributed by atoms with van der Waals surface area (Å²) in [5.74, 6) is -0.540. The van der Waals surface area contributed by atoms with Gasteiger partial charge in [0.05, 0.1) is 11.0 Å². The zero-order valence-corrected chi connectivity index (χ0v) is 12.0. The first kappa shape index (κ1) is 15.5. The van der Waals surface area contributed by atoms with Crippen molar-refractivity contribution in [1.82, 2.24) is 4.72 Å². The van der Waals surface area contributed by atoms with Crippen LogP contribution in [0.5, 0.6) is 0 Å². The van der Waals surface area contributed by atoms with Gasteiger partial charge in [0.25, 0.3) is 0 Å². The summed E-state index contributed by atoms with van der Waals surface area (Å²) in [7, 11) is -3.79. The fourth-order valence-electron chi connectivity index (χ4n) is 1.15. The average Bonchev–Trinajstić information content (AvgIpc) is 2.25. The van der Waals surface area contributed by atoms with Gasteiger partial charge in [0.15, 0.2) is 0 Å². The van der Waals surface area contributed by atoms with Crippen LogP contribution in [0.3, 0.4) is 0 Å². The quantitative estimate of drug-likeness (QED) is 0.730. The van der Waals surface area contributed by atoms with E-state index in [9.17, 15) is 12.8 Å². The Bertz CT molecular complexity index is 522. The third-order valence-corrected chi connectivity index (χ3v) is 4.71. The van der Waals surface area contributed by atoms with E-state index in [1.165, 1.54) is 6.92 Å². The van der Waals surface area contributed by atoms with E-state index in [2.05, 4.69) is 20.7 Å². The minimum atomic E-state index is -3.79. The molecule has 1 rings (SSSR count). The van der Waals surface area contributed by atoms with E-state index in [1.807, 2.05) is 0 Å². The van der Waals surface area contributed by atoms with Crippen molar-refractivity contribution in [1.29, 1.82) is 0 Å². The van der Waals surface area contributed by atoms with Gasteiger partial charge in [-0.25, -0.2) is 17.5 Å². The smallest absolute Gasteiger partial charge is 0.241 e. The number of hydrogen-bond acceptors (Lipinski definition) is 4. The zero-order valence-electron chi connectivity index (χ0n) is 9.60. The molecule has 2 unspecified atom stereocenters. The Morgan fingerprint density at radius 3 is 2.67 bits per heavy atom. The van der Waals surface area contributed by atoms with E-state index in [4.69, 9.17) is 10.8 Å². The Hall–Kier alpha value is -0.540. The minimum Gasteiger partial charge on any atom is -0.392 e. The first-order valence-corrected chi connectivity index (χ1v) is 7.40. The number of aliphatic hydroxyl groups excluding tert-OH is 1. The fourth-order valence-corrected chi connectivity index (χ4v) is 3.27. The second-order valence-corrected chi connectivity index (χ2v) is 6.42. The van der Waals surface area contributed by atoms with Crippen LogP contribution in [0.2, 0.25) is 0 Å². The van der Waals surface area contributed by atoms with Gasteiger partial charge in [0.1, 0.15) is 5.82 Å². The number of hydrogen-bond donors (Lipinski definition) is 3. The summed E-state index contributed by atoms with van der Waals surface area (Å²) >= 11 is 2.98. The molecule has 0 saturated carbocycles. The van der Waals surface area contributed by atoms with Crippen LogP contribution in [0.25, 0.3) is 0 Å². The molecular formula is C10H14BrFN2O3S. The molecule has 0 bridgehead atoms. The van der Waals surface area contributed by atoms with E-state index in [0.717, 1.165) is 18.2 Å². The average molecular weight is 341 g/mol. The van der Waals surface area contributed by atoms with Gasteiger partial charge in [0.2, 0.25) is 10.0 Å². The topological polar surface area (TPSA) is 92.4 Å². The monoisotopic (exact) mass is 340 g/mol. The third-order valence-electron chi connectivity index (χ3n) is 2.31. The molecule has 2 atom stereocenters. The summed E-state index contributed by atoms with van der Waals surface area (Å²) in [6.45, 7) is 1.36. The van der Waals surface area contributed by atoms with Gasteiger partial charge in [-0.1, -0.05) is 0 Å². The van der Waals surface area contributed by atoms with Gasteiger partial charge < -0.3 is 10.8 Å². The van der Waals surface area contributed by atoms with Crippen LogP contribution in [0, 0.1) is 5.82 Å². The van der Waals surface area contributed by atoms with Crippen LogP contribution in [-0.2, 0) is 10.0 Å². The van der Waals surface area contributed by atoms with Crippen molar-refractivity contribution >= 4 is 26.0 Å². The van der Waals surface area contributed by atoms with Crippen LogP contribution in [-0.4, -0.2) is 32.2 Å². The molecule has 0 fully saturated rings. The Morgan fingerprint density at radius 2 is 2.17 bits per heavy atom. The second-order valence-electron chi connectivity index (χ2n) is 3.83. The number of rotatable bonds is 5. The van der Waals surface area contributed by atoms with Gasteiger partial charge in [-0.05, 0) is 41.1 Å². The molecule has 0 heterocycles. The van der Waals surface area contributed by atoms with Crippen LogP contribution in [0.1, 0.15) is 6.92 Å². The molecule has 5 nitrogen and oxygen atoms in total. The van der Waals surface area contributed by atoms with Gasteiger partial charge in [-0.15, -0.1) is 0 Å². The third kappa shape index (κ3) is 3.99. The molecule has 0 saturated heterocycles. The molecule has 0 radical (unpaired) electrons. The normalized spacial score (nSPS) is 15.4. The second kappa shape index (κ2) is 6.07. The van der Waals surface area contributed by atoms with Crippen LogP contribution >= 0.6 is 15.9 Å². The lowest BCUT2D eigenvalue weighted by Gasteiger charge is -2.15. The molecule has 0 amide bonds. The molecule has 1 aromatic carbocycles. The first-order chi connectivity index (χ1) is 8.24. The zero-order chi connectivity index (χ0) is 13.9. The van der Waals surface area contributed by atoms with Crippen LogP contribution < -0.4 is 10.5 Å². The van der Waals surface area contributed by atoms with Crippen LogP contribution in [0.4, 0.5) is 4.39 Å². The van der Waals surface area contributed by atoms with E-state index in [1.54, 1.807) is 0 Å². The summed E-state index contributed by atoms with van der Waals surface area (Å²) < 4.78 is 39.0. The van der Waals surface area contributed by atoms with E-state index >= 15 is 0 Å². The van der Waals surface area contributed by atoms with Crippen molar-refractivity contribution in [2.45, 2.75) is 24.0 Å². The Kier molecular flexibility index (Phi) is 5.23. The minimum absolute atomic E-state index is 0.0818. The highest BCUT2D eigenvalue weighted by molar-refractivity contribution is 9.10. The predicted octanol–water partition coefficient (Wildman–Crippen LogP) is 0.575. The number of benzene rings is 1. The van der Waals surface area contributed by atoms with E-state index < -0.39 is 28.0 Å². The lowest BCUT2D eigenvalue weighted by Crippen LogP contribution is -2.43. The molecule has 0 aliphatic rings. The van der Waals surface area contributed by atoms with Crippen molar-refractivity contribution in [3.63, 3.8) is 0 Å². The van der Waals surface area contributed by atoms with Gasteiger partial charge in [0, 0.05) is 17.1 Å². The van der Waals surface area contributed by atoms with Crippen molar-refractivity contribution in [2.75, 3.05) is 6.54 Å². The molecule has 8 heteroatoms. The van der Waals surface area contributed by atoms with Crippen molar-refractivity contribution in [3.05, 3.63) is 28.5 Å². The SMILES string of the molecule is CC(O)C(N)CNS(=O)(=O)c1ccc(F)cc1Br. The first-order valence-electron chi connectivity index (χ1n) is 5.12. The summed E-state index contributed by atoms with van der Waals surface area (Å²) in [6.07, 6.45) is -0.829. The van der Waals surface area contributed by atoms with Gasteiger partial charge in [-0.2, -0.15) is 0 Å². The highest BCUT2D eigenvalue weighted by Crippen LogP contribution is 2.22. The summed E-state index contributed by atoms with van der Waals surface area (Å²) in [6, 6.07) is 2.55. The van der Waals surface area contributed by atoms with Crippen molar-refractivity contribution < 1.29 is 17.9 Å². The Morgan fingerprint density at radius 1 is 1.56 bits per heavy atom. The molecule has 0 aliphatic heterocycles. The number of nitrogens with one attached hydrogen (secondary N) is 1. The predicted molar refractivity (Wildman–Crippen MR) is 68.9 cm³/mol. The number of sulfonamides is 1. The van der Waals surface area contributed by atoms with E-state index in [-0.39, 0.29) is 15.9 Å². The van der Waals surface area contributed by atoms with Crippen molar-refractivity contribution in [2.24, 2.45) is 5.73 Å². The number of halogens is 2. The lowest BCUT2D eigenvalue weighted by molar-refractivity contribution is 0.164. The Labute approximate surface area is 113 Å². The van der Waals surface area contributed by atoms with Gasteiger partial charge in [-0.3, -0.25) is 0 Å². The van der Waals surface area contributed by atoms with E-state index in [0.29, 0.717) is 0 Å². The maximum absolute atomic E-state index is 12.9. The number of nitrogens with two attached hydrogens (primary N) is 1. The Balaban J connectivity index is 2.87.